The molecule has 164 valence electrons. The number of aromatic nitrogens is 6. The van der Waals surface area contributed by atoms with Crippen molar-refractivity contribution < 1.29 is 14.2 Å². The minimum atomic E-state index is -0.585. The lowest BCUT2D eigenvalue weighted by Gasteiger charge is -2.05. The van der Waals surface area contributed by atoms with Crippen LogP contribution in [0.2, 0.25) is 5.02 Å². The van der Waals surface area contributed by atoms with E-state index in [2.05, 4.69) is 25.7 Å². The Balaban J connectivity index is 1.32. The van der Waals surface area contributed by atoms with Gasteiger partial charge in [0.1, 0.15) is 6.54 Å². The average Bonchev–Trinajstić information content (AvgIpc) is 3.49. The number of amides is 1. The fourth-order valence-electron chi connectivity index (χ4n) is 2.92. The smallest absolute Gasteiger partial charge is 0.358 e. The average molecular weight is 457 g/mol. The Bertz CT molecular complexity index is 1260. The number of carbonyl (C=O) groups excluding carboxylic acids is 1. The summed E-state index contributed by atoms with van der Waals surface area (Å²) in [4.78, 5) is 26.6. The van der Waals surface area contributed by atoms with E-state index in [0.717, 1.165) is 11.1 Å². The number of nitro groups is 1. The van der Waals surface area contributed by atoms with Gasteiger partial charge in [0.05, 0.1) is 34.6 Å². The summed E-state index contributed by atoms with van der Waals surface area (Å²) in [5, 5.41) is 25.8. The summed E-state index contributed by atoms with van der Waals surface area (Å²) in [5.41, 5.74) is 2.49. The van der Waals surface area contributed by atoms with E-state index in [1.54, 1.807) is 24.0 Å². The van der Waals surface area contributed by atoms with E-state index in [0.29, 0.717) is 17.3 Å². The lowest BCUT2D eigenvalue weighted by atomic mass is 10.1. The molecule has 12 nitrogen and oxygen atoms in total. The monoisotopic (exact) mass is 456 g/mol. The first kappa shape index (κ1) is 21.2. The Kier molecular flexibility index (Phi) is 5.94. The maximum Gasteiger partial charge on any atom is 0.390 e. The third-order valence-electron chi connectivity index (χ3n) is 4.53. The van der Waals surface area contributed by atoms with Gasteiger partial charge in [0.25, 0.3) is 0 Å². The molecule has 0 saturated heterocycles. The van der Waals surface area contributed by atoms with Gasteiger partial charge < -0.3 is 20.0 Å². The first-order valence-corrected chi connectivity index (χ1v) is 9.80. The van der Waals surface area contributed by atoms with Crippen LogP contribution >= 0.6 is 11.6 Å². The molecule has 0 radical (unpaired) electrons. The van der Waals surface area contributed by atoms with E-state index in [4.69, 9.17) is 16.1 Å². The molecule has 4 aromatic rings. The van der Waals surface area contributed by atoms with Gasteiger partial charge in [0.15, 0.2) is 5.82 Å². The predicted molar refractivity (Wildman–Crippen MR) is 111 cm³/mol. The van der Waals surface area contributed by atoms with Crippen molar-refractivity contribution in [2.24, 2.45) is 0 Å². The standard InChI is InChI=1S/C19H17ClN8O4/c1-12-6-17(28(30)31)24-27(12)11-16-23-19(32-25-16)18(29)21-7-13-2-4-14(5-3-13)9-26-10-15(20)8-22-26/h2-6,8,10H,7,9,11H2,1H3,(H,21,29). The van der Waals surface area contributed by atoms with Crippen molar-refractivity contribution in [3.05, 3.63) is 86.4 Å². The molecule has 0 bridgehead atoms. The molecule has 0 fully saturated rings. The number of nitrogens with one attached hydrogen (secondary N) is 1. The first-order valence-electron chi connectivity index (χ1n) is 9.43. The van der Waals surface area contributed by atoms with Crippen molar-refractivity contribution in [3.8, 4) is 0 Å². The van der Waals surface area contributed by atoms with Gasteiger partial charge >= 0.3 is 17.6 Å². The summed E-state index contributed by atoms with van der Waals surface area (Å²) in [7, 11) is 0. The van der Waals surface area contributed by atoms with Gasteiger partial charge in [-0.3, -0.25) is 9.48 Å². The number of hydrogen-bond donors (Lipinski definition) is 1. The van der Waals surface area contributed by atoms with Gasteiger partial charge in [-0.05, 0) is 23.0 Å². The predicted octanol–water partition coefficient (Wildman–Crippen LogP) is 2.36. The lowest BCUT2D eigenvalue weighted by Crippen LogP contribution is -2.23. The van der Waals surface area contributed by atoms with E-state index < -0.39 is 10.8 Å². The van der Waals surface area contributed by atoms with Gasteiger partial charge in [0, 0.05) is 12.7 Å². The van der Waals surface area contributed by atoms with Crippen molar-refractivity contribution in [2.45, 2.75) is 26.6 Å². The van der Waals surface area contributed by atoms with Gasteiger partial charge in [-0.2, -0.15) is 14.8 Å². The SMILES string of the molecule is Cc1cc([N+](=O)[O-])nn1Cc1noc(C(=O)NCc2ccc(Cn3cc(Cl)cn3)cc2)n1. The second kappa shape index (κ2) is 8.98. The third-order valence-corrected chi connectivity index (χ3v) is 4.73. The normalized spacial score (nSPS) is 10.9. The maximum absolute atomic E-state index is 12.3. The molecule has 0 spiro atoms. The highest BCUT2D eigenvalue weighted by molar-refractivity contribution is 6.30. The molecule has 0 aliphatic carbocycles. The number of benzene rings is 1. The Morgan fingerprint density at radius 3 is 2.66 bits per heavy atom. The molecule has 0 atom stereocenters. The van der Waals surface area contributed by atoms with E-state index >= 15 is 0 Å². The zero-order valence-electron chi connectivity index (χ0n) is 16.8. The molecule has 3 heterocycles. The van der Waals surface area contributed by atoms with Crippen molar-refractivity contribution in [3.63, 3.8) is 0 Å². The van der Waals surface area contributed by atoms with Gasteiger partial charge in [0.2, 0.25) is 0 Å². The highest BCUT2D eigenvalue weighted by Gasteiger charge is 2.19. The molecule has 32 heavy (non-hydrogen) atoms. The molecular formula is C19H17ClN8O4. The second-order valence-electron chi connectivity index (χ2n) is 6.93. The Morgan fingerprint density at radius 2 is 2.00 bits per heavy atom. The van der Waals surface area contributed by atoms with Gasteiger partial charge in [-0.25, -0.2) is 0 Å². The topological polar surface area (TPSA) is 147 Å². The molecule has 0 aliphatic rings. The minimum absolute atomic E-state index is 0.0411. The van der Waals surface area contributed by atoms with Crippen LogP contribution in [0.5, 0.6) is 0 Å². The maximum atomic E-state index is 12.3. The summed E-state index contributed by atoms with van der Waals surface area (Å²) in [6, 6.07) is 9.00. The summed E-state index contributed by atoms with van der Waals surface area (Å²) in [6.07, 6.45) is 3.32. The van der Waals surface area contributed by atoms with Crippen LogP contribution < -0.4 is 5.32 Å². The first-order chi connectivity index (χ1) is 15.4. The van der Waals surface area contributed by atoms with E-state index in [1.165, 1.54) is 10.7 Å². The lowest BCUT2D eigenvalue weighted by molar-refractivity contribution is -0.389. The Morgan fingerprint density at radius 1 is 1.25 bits per heavy atom. The van der Waals surface area contributed by atoms with Crippen LogP contribution in [0.15, 0.2) is 47.2 Å². The minimum Gasteiger partial charge on any atom is -0.358 e. The summed E-state index contributed by atoms with van der Waals surface area (Å²) >= 11 is 5.86. The van der Waals surface area contributed by atoms with Crippen molar-refractivity contribution in [2.75, 3.05) is 0 Å². The van der Waals surface area contributed by atoms with Crippen LogP contribution in [0.3, 0.4) is 0 Å². The van der Waals surface area contributed by atoms with Crippen LogP contribution in [0, 0.1) is 17.0 Å². The number of aryl methyl sites for hydroxylation is 1. The zero-order chi connectivity index (χ0) is 22.7. The highest BCUT2D eigenvalue weighted by Crippen LogP contribution is 2.13. The van der Waals surface area contributed by atoms with E-state index in [-0.39, 0.29) is 30.6 Å². The molecule has 0 saturated carbocycles. The fraction of sp³-hybridized carbons (Fsp3) is 0.211. The van der Waals surface area contributed by atoms with Crippen LogP contribution in [-0.2, 0) is 19.6 Å². The Labute approximate surface area is 185 Å². The van der Waals surface area contributed by atoms with Crippen LogP contribution in [0.25, 0.3) is 0 Å². The molecule has 13 heteroatoms. The number of carbonyl (C=O) groups is 1. The summed E-state index contributed by atoms with van der Waals surface area (Å²) in [5.74, 6) is -0.823. The van der Waals surface area contributed by atoms with Crippen molar-refractivity contribution >= 4 is 23.3 Å². The van der Waals surface area contributed by atoms with Gasteiger partial charge in [-0.1, -0.05) is 41.0 Å². The van der Waals surface area contributed by atoms with Gasteiger partial charge in [-0.15, -0.1) is 0 Å². The number of hydrogen-bond acceptors (Lipinski definition) is 8. The van der Waals surface area contributed by atoms with Crippen LogP contribution in [-0.4, -0.2) is 40.5 Å². The molecule has 3 aromatic heterocycles. The Hall–Kier alpha value is -4.06. The highest BCUT2D eigenvalue weighted by atomic mass is 35.5. The molecule has 1 amide bonds. The van der Waals surface area contributed by atoms with E-state index in [1.807, 2.05) is 24.3 Å². The molecule has 0 unspecified atom stereocenters. The summed E-state index contributed by atoms with van der Waals surface area (Å²) in [6.45, 7) is 2.57. The molecule has 1 N–H and O–H groups in total. The number of rotatable bonds is 8. The number of nitrogens with zero attached hydrogens (tertiary/aromatic N) is 7. The van der Waals surface area contributed by atoms with E-state index in [9.17, 15) is 14.9 Å². The molecule has 0 aliphatic heterocycles. The zero-order valence-corrected chi connectivity index (χ0v) is 17.6. The fourth-order valence-corrected chi connectivity index (χ4v) is 3.08. The summed E-state index contributed by atoms with van der Waals surface area (Å²) < 4.78 is 8.10. The second-order valence-corrected chi connectivity index (χ2v) is 7.37. The number of halogens is 1. The van der Waals surface area contributed by atoms with Crippen molar-refractivity contribution in [1.29, 1.82) is 0 Å². The molecular weight excluding hydrogens is 440 g/mol. The molecule has 1 aromatic carbocycles. The largest absolute Gasteiger partial charge is 0.390 e. The molecule has 4 rings (SSSR count). The van der Waals surface area contributed by atoms with Crippen LogP contribution in [0.1, 0.15) is 33.3 Å². The third kappa shape index (κ3) is 4.98. The van der Waals surface area contributed by atoms with Crippen LogP contribution in [0.4, 0.5) is 5.82 Å². The van der Waals surface area contributed by atoms with Crippen molar-refractivity contribution in [1.82, 2.24) is 35.0 Å². The quantitative estimate of drug-likeness (QED) is 0.314.